The van der Waals surface area contributed by atoms with Gasteiger partial charge in [-0.25, -0.2) is 0 Å². The fourth-order valence-corrected chi connectivity index (χ4v) is 2.49. The van der Waals surface area contributed by atoms with E-state index in [4.69, 9.17) is 0 Å². The number of amides is 4. The van der Waals surface area contributed by atoms with Crippen molar-refractivity contribution in [2.45, 2.75) is 39.2 Å². The maximum absolute atomic E-state index is 12.3. The summed E-state index contributed by atoms with van der Waals surface area (Å²) in [5.41, 5.74) is 0.753. The Balaban J connectivity index is 0.000000847. The van der Waals surface area contributed by atoms with Crippen molar-refractivity contribution in [2.75, 3.05) is 0 Å². The van der Waals surface area contributed by atoms with Gasteiger partial charge in [0.2, 0.25) is 17.7 Å². The van der Waals surface area contributed by atoms with Crippen LogP contribution < -0.4 is 5.32 Å². The Labute approximate surface area is 127 Å². The predicted octanol–water partition coefficient (Wildman–Crippen LogP) is 0.438. The molecule has 0 radical (unpaired) electrons. The van der Waals surface area contributed by atoms with Crippen LogP contribution in [-0.2, 0) is 20.8 Å². The quantitative estimate of drug-likeness (QED) is 0.759. The SMILES string of the molecule is CC.O=C1CCC(N2C(=O)Cc3cccnc3C2=O)C(=O)N1. The minimum atomic E-state index is -0.928. The van der Waals surface area contributed by atoms with Crippen molar-refractivity contribution in [1.29, 1.82) is 0 Å². The highest BCUT2D eigenvalue weighted by molar-refractivity contribution is 6.12. The van der Waals surface area contributed by atoms with Crippen molar-refractivity contribution in [3.05, 3.63) is 29.6 Å². The average molecular weight is 303 g/mol. The zero-order valence-electron chi connectivity index (χ0n) is 12.5. The van der Waals surface area contributed by atoms with E-state index >= 15 is 0 Å². The van der Waals surface area contributed by atoms with Crippen LogP contribution in [0.2, 0.25) is 0 Å². The molecule has 1 saturated heterocycles. The van der Waals surface area contributed by atoms with Crippen LogP contribution in [0.3, 0.4) is 0 Å². The molecular weight excluding hydrogens is 286 g/mol. The van der Waals surface area contributed by atoms with Crippen molar-refractivity contribution in [2.24, 2.45) is 0 Å². The summed E-state index contributed by atoms with van der Waals surface area (Å²) in [4.78, 5) is 52.3. The first kappa shape index (κ1) is 15.8. The normalized spacial score (nSPS) is 20.8. The lowest BCUT2D eigenvalue weighted by molar-refractivity contribution is -0.143. The number of aromatic nitrogens is 1. The Morgan fingerprint density at radius 2 is 1.95 bits per heavy atom. The van der Waals surface area contributed by atoms with Crippen molar-refractivity contribution < 1.29 is 19.2 Å². The van der Waals surface area contributed by atoms with Crippen LogP contribution in [0.5, 0.6) is 0 Å². The highest BCUT2D eigenvalue weighted by Gasteiger charge is 2.42. The standard InChI is InChI=1S/C13H11N3O4.C2H6/c17-9-4-3-8(12(19)15-9)16-10(18)6-7-2-1-5-14-11(7)13(16)20;1-2/h1-2,5,8H,3-4,6H2,(H,15,17,19);1-2H3. The Kier molecular flexibility index (Phi) is 4.65. The molecule has 3 heterocycles. The Hall–Kier alpha value is -2.57. The third kappa shape index (κ3) is 2.74. The predicted molar refractivity (Wildman–Crippen MR) is 76.6 cm³/mol. The number of nitrogens with zero attached hydrogens (tertiary/aromatic N) is 2. The summed E-state index contributed by atoms with van der Waals surface area (Å²) in [6, 6.07) is 2.39. The van der Waals surface area contributed by atoms with E-state index < -0.39 is 23.8 Å². The summed E-state index contributed by atoms with van der Waals surface area (Å²) in [5, 5.41) is 2.15. The lowest BCUT2D eigenvalue weighted by atomic mass is 9.98. The molecular formula is C15H17N3O4. The van der Waals surface area contributed by atoms with E-state index in [0.717, 1.165) is 4.90 Å². The van der Waals surface area contributed by atoms with Gasteiger partial charge in [0.1, 0.15) is 11.7 Å². The van der Waals surface area contributed by atoms with Crippen LogP contribution in [0.1, 0.15) is 42.7 Å². The van der Waals surface area contributed by atoms with Gasteiger partial charge in [0.15, 0.2) is 0 Å². The number of hydrogen-bond donors (Lipinski definition) is 1. The second-order valence-electron chi connectivity index (χ2n) is 4.72. The highest BCUT2D eigenvalue weighted by Crippen LogP contribution is 2.22. The number of fused-ring (bicyclic) bond motifs is 1. The van der Waals surface area contributed by atoms with Crippen LogP contribution in [0, 0.1) is 0 Å². The van der Waals surface area contributed by atoms with Gasteiger partial charge in [0.25, 0.3) is 5.91 Å². The molecule has 116 valence electrons. The number of hydrogen-bond acceptors (Lipinski definition) is 5. The van der Waals surface area contributed by atoms with Crippen LogP contribution in [0.25, 0.3) is 0 Å². The molecule has 1 N–H and O–H groups in total. The third-order valence-corrected chi connectivity index (χ3v) is 3.44. The lowest BCUT2D eigenvalue weighted by Crippen LogP contribution is -2.58. The summed E-state index contributed by atoms with van der Waals surface area (Å²) in [7, 11) is 0. The molecule has 0 bridgehead atoms. The van der Waals surface area contributed by atoms with E-state index in [9.17, 15) is 19.2 Å². The first-order chi connectivity index (χ1) is 10.6. The van der Waals surface area contributed by atoms with E-state index in [-0.39, 0.29) is 30.9 Å². The molecule has 7 heteroatoms. The first-order valence-corrected chi connectivity index (χ1v) is 7.22. The number of piperidine rings is 1. The molecule has 1 unspecified atom stereocenters. The minimum Gasteiger partial charge on any atom is -0.295 e. The van der Waals surface area contributed by atoms with Gasteiger partial charge >= 0.3 is 0 Å². The van der Waals surface area contributed by atoms with Gasteiger partial charge in [0.05, 0.1) is 6.42 Å². The molecule has 1 atom stereocenters. The second-order valence-corrected chi connectivity index (χ2v) is 4.72. The minimum absolute atomic E-state index is 0.0344. The summed E-state index contributed by atoms with van der Waals surface area (Å²) in [6.45, 7) is 4.00. The van der Waals surface area contributed by atoms with Gasteiger partial charge in [0, 0.05) is 12.6 Å². The van der Waals surface area contributed by atoms with Gasteiger partial charge in [-0.05, 0) is 18.1 Å². The molecule has 2 aliphatic heterocycles. The number of imide groups is 2. The van der Waals surface area contributed by atoms with Gasteiger partial charge in [-0.3, -0.25) is 34.4 Å². The third-order valence-electron chi connectivity index (χ3n) is 3.44. The van der Waals surface area contributed by atoms with Crippen LogP contribution >= 0.6 is 0 Å². The van der Waals surface area contributed by atoms with Gasteiger partial charge < -0.3 is 0 Å². The molecule has 0 spiro atoms. The maximum atomic E-state index is 12.3. The van der Waals surface area contributed by atoms with Crippen molar-refractivity contribution >= 4 is 23.6 Å². The smallest absolute Gasteiger partial charge is 0.280 e. The molecule has 2 aliphatic rings. The van der Waals surface area contributed by atoms with E-state index in [2.05, 4.69) is 10.3 Å². The van der Waals surface area contributed by atoms with E-state index in [1.807, 2.05) is 13.8 Å². The van der Waals surface area contributed by atoms with Gasteiger partial charge in [-0.2, -0.15) is 0 Å². The lowest BCUT2D eigenvalue weighted by Gasteiger charge is -2.33. The van der Waals surface area contributed by atoms with Crippen molar-refractivity contribution in [3.63, 3.8) is 0 Å². The van der Waals surface area contributed by atoms with Crippen LogP contribution in [-0.4, -0.2) is 39.6 Å². The Bertz CT molecular complexity index is 641. The summed E-state index contributed by atoms with van der Waals surface area (Å²) in [5.74, 6) is -2.01. The van der Waals surface area contributed by atoms with Gasteiger partial charge in [-0.1, -0.05) is 19.9 Å². The Morgan fingerprint density at radius 1 is 1.23 bits per heavy atom. The monoisotopic (exact) mass is 303 g/mol. The number of nitrogens with one attached hydrogen (secondary N) is 1. The Morgan fingerprint density at radius 3 is 2.64 bits per heavy atom. The van der Waals surface area contributed by atoms with E-state index in [1.165, 1.54) is 6.20 Å². The molecule has 22 heavy (non-hydrogen) atoms. The molecule has 3 rings (SSSR count). The second kappa shape index (κ2) is 6.46. The number of carbonyl (C=O) groups is 4. The molecule has 1 aromatic heterocycles. The summed E-state index contributed by atoms with van der Waals surface area (Å²) < 4.78 is 0. The topological polar surface area (TPSA) is 96.4 Å². The number of pyridine rings is 1. The van der Waals surface area contributed by atoms with E-state index in [0.29, 0.717) is 5.56 Å². The van der Waals surface area contributed by atoms with Gasteiger partial charge in [-0.15, -0.1) is 0 Å². The van der Waals surface area contributed by atoms with E-state index in [1.54, 1.807) is 12.1 Å². The van der Waals surface area contributed by atoms with Crippen molar-refractivity contribution in [1.82, 2.24) is 15.2 Å². The summed E-state index contributed by atoms with van der Waals surface area (Å²) in [6.07, 6.45) is 1.77. The summed E-state index contributed by atoms with van der Waals surface area (Å²) >= 11 is 0. The highest BCUT2D eigenvalue weighted by atomic mass is 16.2. The molecule has 1 fully saturated rings. The zero-order chi connectivity index (χ0) is 16.3. The average Bonchev–Trinajstić information content (AvgIpc) is 2.51. The zero-order valence-corrected chi connectivity index (χ0v) is 12.5. The van der Waals surface area contributed by atoms with Crippen molar-refractivity contribution in [3.8, 4) is 0 Å². The molecule has 4 amide bonds. The molecule has 0 aliphatic carbocycles. The fourth-order valence-electron chi connectivity index (χ4n) is 2.49. The largest absolute Gasteiger partial charge is 0.295 e. The first-order valence-electron chi connectivity index (χ1n) is 7.22. The molecule has 0 aromatic carbocycles. The van der Waals surface area contributed by atoms with Crippen LogP contribution in [0.4, 0.5) is 0 Å². The number of carbonyl (C=O) groups excluding carboxylic acids is 4. The number of rotatable bonds is 1. The molecule has 1 aromatic rings. The molecule has 7 nitrogen and oxygen atoms in total. The van der Waals surface area contributed by atoms with Crippen LogP contribution in [0.15, 0.2) is 18.3 Å². The maximum Gasteiger partial charge on any atom is 0.280 e. The molecule has 0 saturated carbocycles. The fraction of sp³-hybridized carbons (Fsp3) is 0.400.